The summed E-state index contributed by atoms with van der Waals surface area (Å²) in [4.78, 5) is 29.4. The fourth-order valence-electron chi connectivity index (χ4n) is 4.63. The van der Waals surface area contributed by atoms with Crippen LogP contribution in [0.25, 0.3) is 0 Å². The lowest BCUT2D eigenvalue weighted by atomic mass is 9.72. The van der Waals surface area contributed by atoms with Crippen LogP contribution in [-0.4, -0.2) is 41.2 Å². The normalized spacial score (nSPS) is 19.1. The van der Waals surface area contributed by atoms with Gasteiger partial charge in [-0.3, -0.25) is 9.59 Å². The Morgan fingerprint density at radius 1 is 0.964 bits per heavy atom. The van der Waals surface area contributed by atoms with Crippen molar-refractivity contribution in [2.24, 2.45) is 5.41 Å². The molecule has 2 aromatic rings. The maximum atomic E-state index is 12.9. The molecular weight excluding hydrogens is 348 g/mol. The van der Waals surface area contributed by atoms with E-state index in [1.165, 1.54) is 5.56 Å². The van der Waals surface area contributed by atoms with Crippen molar-refractivity contribution in [3.8, 4) is 0 Å². The smallest absolute Gasteiger partial charge is 0.254 e. The van der Waals surface area contributed by atoms with Crippen LogP contribution in [-0.2, 0) is 11.3 Å². The molecule has 2 saturated heterocycles. The number of hydrogen-bond acceptors (Lipinski definition) is 2. The summed E-state index contributed by atoms with van der Waals surface area (Å²) in [6.07, 6.45) is 3.52. The van der Waals surface area contributed by atoms with Crippen molar-refractivity contribution in [2.75, 3.05) is 19.6 Å². The standard InChI is InChI=1S/C24H28N2O2/c1-19-7-5-6-10-21(19)23(28)25-15-13-24(14-16-25)12-11-22(27)26(18-24)17-20-8-3-2-4-9-20/h2-10H,11-18H2,1H3. The minimum Gasteiger partial charge on any atom is -0.339 e. The number of piperidine rings is 2. The van der Waals surface area contributed by atoms with Crippen molar-refractivity contribution in [2.45, 2.75) is 39.2 Å². The Kier molecular flexibility index (Phi) is 5.21. The van der Waals surface area contributed by atoms with Crippen LogP contribution >= 0.6 is 0 Å². The van der Waals surface area contributed by atoms with Crippen molar-refractivity contribution >= 4 is 11.8 Å². The van der Waals surface area contributed by atoms with Gasteiger partial charge in [-0.15, -0.1) is 0 Å². The number of carbonyl (C=O) groups is 2. The zero-order chi connectivity index (χ0) is 19.6. The van der Waals surface area contributed by atoms with Crippen molar-refractivity contribution < 1.29 is 9.59 Å². The Bertz CT molecular complexity index is 854. The molecule has 0 bridgehead atoms. The van der Waals surface area contributed by atoms with Crippen LogP contribution in [0.4, 0.5) is 0 Å². The summed E-state index contributed by atoms with van der Waals surface area (Å²) in [7, 11) is 0. The summed E-state index contributed by atoms with van der Waals surface area (Å²) in [5, 5.41) is 0. The van der Waals surface area contributed by atoms with Crippen LogP contribution in [0.2, 0.25) is 0 Å². The zero-order valence-corrected chi connectivity index (χ0v) is 16.6. The Morgan fingerprint density at radius 3 is 2.36 bits per heavy atom. The van der Waals surface area contributed by atoms with Crippen molar-refractivity contribution in [3.63, 3.8) is 0 Å². The molecule has 2 aliphatic rings. The Hall–Kier alpha value is -2.62. The van der Waals surface area contributed by atoms with Gasteiger partial charge in [0.15, 0.2) is 0 Å². The number of likely N-dealkylation sites (tertiary alicyclic amines) is 2. The van der Waals surface area contributed by atoms with Crippen LogP contribution in [0, 0.1) is 12.3 Å². The highest BCUT2D eigenvalue weighted by molar-refractivity contribution is 5.95. The van der Waals surface area contributed by atoms with E-state index in [0.29, 0.717) is 13.0 Å². The third-order valence-corrected chi connectivity index (χ3v) is 6.45. The number of carbonyl (C=O) groups excluding carboxylic acids is 2. The van der Waals surface area contributed by atoms with Gasteiger partial charge in [0.1, 0.15) is 0 Å². The van der Waals surface area contributed by atoms with Gasteiger partial charge in [0.2, 0.25) is 5.91 Å². The quantitative estimate of drug-likeness (QED) is 0.811. The highest BCUT2D eigenvalue weighted by atomic mass is 16.2. The maximum absolute atomic E-state index is 12.9. The maximum Gasteiger partial charge on any atom is 0.254 e. The van der Waals surface area contributed by atoms with Crippen LogP contribution < -0.4 is 0 Å². The molecule has 4 heteroatoms. The molecule has 4 rings (SSSR count). The van der Waals surface area contributed by atoms with Gasteiger partial charge in [0, 0.05) is 38.2 Å². The molecule has 0 unspecified atom stereocenters. The molecule has 2 amide bonds. The van der Waals surface area contributed by atoms with Crippen molar-refractivity contribution in [1.82, 2.24) is 9.80 Å². The molecule has 0 radical (unpaired) electrons. The Morgan fingerprint density at radius 2 is 1.64 bits per heavy atom. The largest absolute Gasteiger partial charge is 0.339 e. The molecular formula is C24H28N2O2. The molecule has 0 saturated carbocycles. The fraction of sp³-hybridized carbons (Fsp3) is 0.417. The van der Waals surface area contributed by atoms with E-state index in [1.54, 1.807) is 0 Å². The van der Waals surface area contributed by atoms with E-state index < -0.39 is 0 Å². The zero-order valence-electron chi connectivity index (χ0n) is 16.6. The van der Waals surface area contributed by atoms with Gasteiger partial charge in [0.05, 0.1) is 0 Å². The number of amides is 2. The first-order valence-electron chi connectivity index (χ1n) is 10.2. The predicted octanol–water partition coefficient (Wildman–Crippen LogP) is 4.04. The Labute approximate surface area is 167 Å². The molecule has 2 aromatic carbocycles. The molecule has 2 aliphatic heterocycles. The molecule has 0 N–H and O–H groups in total. The molecule has 2 heterocycles. The molecule has 0 aliphatic carbocycles. The average molecular weight is 377 g/mol. The summed E-state index contributed by atoms with van der Waals surface area (Å²) < 4.78 is 0. The SMILES string of the molecule is Cc1ccccc1C(=O)N1CCC2(CCC(=O)N(Cc3ccccc3)C2)CC1. The lowest BCUT2D eigenvalue weighted by Gasteiger charge is -2.47. The lowest BCUT2D eigenvalue weighted by Crippen LogP contribution is -2.52. The molecule has 4 nitrogen and oxygen atoms in total. The van der Waals surface area contributed by atoms with E-state index in [4.69, 9.17) is 0 Å². The minimum atomic E-state index is 0.140. The van der Waals surface area contributed by atoms with E-state index in [9.17, 15) is 9.59 Å². The third kappa shape index (κ3) is 3.82. The number of benzene rings is 2. The monoisotopic (exact) mass is 376 g/mol. The lowest BCUT2D eigenvalue weighted by molar-refractivity contribution is -0.139. The second-order valence-corrected chi connectivity index (χ2v) is 8.34. The highest BCUT2D eigenvalue weighted by Gasteiger charge is 2.41. The molecule has 0 aromatic heterocycles. The predicted molar refractivity (Wildman–Crippen MR) is 110 cm³/mol. The molecule has 1 spiro atoms. The van der Waals surface area contributed by atoms with Crippen LogP contribution in [0.5, 0.6) is 0 Å². The van der Waals surface area contributed by atoms with E-state index in [1.807, 2.05) is 59.2 Å². The first-order chi connectivity index (χ1) is 13.6. The molecule has 2 fully saturated rings. The number of hydrogen-bond donors (Lipinski definition) is 0. The van der Waals surface area contributed by atoms with Gasteiger partial charge in [-0.05, 0) is 48.8 Å². The summed E-state index contributed by atoms with van der Waals surface area (Å²) >= 11 is 0. The molecule has 146 valence electrons. The Balaban J connectivity index is 1.41. The van der Waals surface area contributed by atoms with Gasteiger partial charge in [-0.1, -0.05) is 48.5 Å². The van der Waals surface area contributed by atoms with Gasteiger partial charge in [0.25, 0.3) is 5.91 Å². The molecule has 0 atom stereocenters. The van der Waals surface area contributed by atoms with E-state index in [2.05, 4.69) is 12.1 Å². The number of nitrogens with zero attached hydrogens (tertiary/aromatic N) is 2. The van der Waals surface area contributed by atoms with Crippen LogP contribution in [0.3, 0.4) is 0 Å². The van der Waals surface area contributed by atoms with Crippen LogP contribution in [0.15, 0.2) is 54.6 Å². The van der Waals surface area contributed by atoms with Crippen molar-refractivity contribution in [1.29, 1.82) is 0 Å². The number of aryl methyl sites for hydroxylation is 1. The van der Waals surface area contributed by atoms with E-state index in [-0.39, 0.29) is 17.2 Å². The second-order valence-electron chi connectivity index (χ2n) is 8.34. The first-order valence-corrected chi connectivity index (χ1v) is 10.2. The summed E-state index contributed by atoms with van der Waals surface area (Å²) in [5.74, 6) is 0.397. The van der Waals surface area contributed by atoms with Crippen LogP contribution in [0.1, 0.15) is 47.2 Å². The van der Waals surface area contributed by atoms with Gasteiger partial charge in [-0.2, -0.15) is 0 Å². The molecule has 28 heavy (non-hydrogen) atoms. The topological polar surface area (TPSA) is 40.6 Å². The summed E-state index contributed by atoms with van der Waals surface area (Å²) in [5.41, 5.74) is 3.18. The van der Waals surface area contributed by atoms with E-state index in [0.717, 1.165) is 50.0 Å². The third-order valence-electron chi connectivity index (χ3n) is 6.45. The fourth-order valence-corrected chi connectivity index (χ4v) is 4.63. The average Bonchev–Trinajstić information content (AvgIpc) is 2.72. The van der Waals surface area contributed by atoms with Gasteiger partial charge in [-0.25, -0.2) is 0 Å². The minimum absolute atomic E-state index is 0.140. The summed E-state index contributed by atoms with van der Waals surface area (Å²) in [6, 6.07) is 18.0. The first kappa shape index (κ1) is 18.7. The second kappa shape index (κ2) is 7.78. The van der Waals surface area contributed by atoms with Gasteiger partial charge < -0.3 is 9.80 Å². The highest BCUT2D eigenvalue weighted by Crippen LogP contribution is 2.41. The van der Waals surface area contributed by atoms with Gasteiger partial charge >= 0.3 is 0 Å². The number of rotatable bonds is 3. The van der Waals surface area contributed by atoms with E-state index >= 15 is 0 Å². The summed E-state index contributed by atoms with van der Waals surface area (Å²) in [6.45, 7) is 5.05. The van der Waals surface area contributed by atoms with Crippen molar-refractivity contribution in [3.05, 3.63) is 71.3 Å².